The summed E-state index contributed by atoms with van der Waals surface area (Å²) in [7, 11) is 3.28. The lowest BCUT2D eigenvalue weighted by atomic mass is 10.2. The Balaban J connectivity index is 1.89. The third kappa shape index (κ3) is 6.57. The molecule has 2 aromatic rings. The molecule has 134 valence electrons. The van der Waals surface area contributed by atoms with Gasteiger partial charge >= 0.3 is 0 Å². The lowest BCUT2D eigenvalue weighted by Crippen LogP contribution is -2.30. The minimum absolute atomic E-state index is 0.0278. The van der Waals surface area contributed by atoms with E-state index in [4.69, 9.17) is 9.47 Å². The maximum Gasteiger partial charge on any atom is 0.225 e. The Bertz CT molecular complexity index is 646. The van der Waals surface area contributed by atoms with Gasteiger partial charge in [-0.2, -0.15) is 0 Å². The summed E-state index contributed by atoms with van der Waals surface area (Å²) < 4.78 is 10.4. The number of hydrogen-bond donors (Lipinski definition) is 1. The van der Waals surface area contributed by atoms with Crippen LogP contribution >= 0.6 is 0 Å². The highest BCUT2D eigenvalue weighted by atomic mass is 16.5. The molecular formula is C20H26N2O3. The summed E-state index contributed by atoms with van der Waals surface area (Å²) in [4.78, 5) is 14.5. The average molecular weight is 342 g/mol. The Morgan fingerprint density at radius 3 is 2.44 bits per heavy atom. The molecule has 0 unspecified atom stereocenters. The molecule has 1 amide bonds. The minimum atomic E-state index is -0.0278. The van der Waals surface area contributed by atoms with Crippen molar-refractivity contribution in [2.75, 3.05) is 39.2 Å². The Morgan fingerprint density at radius 1 is 1.00 bits per heavy atom. The average Bonchev–Trinajstić information content (AvgIpc) is 2.65. The first kappa shape index (κ1) is 19.0. The van der Waals surface area contributed by atoms with Crippen molar-refractivity contribution in [1.29, 1.82) is 0 Å². The summed E-state index contributed by atoms with van der Waals surface area (Å²) in [6, 6.07) is 17.7. The lowest BCUT2D eigenvalue weighted by molar-refractivity contribution is -0.116. The Kier molecular flexibility index (Phi) is 7.95. The molecule has 0 aliphatic carbocycles. The largest absolute Gasteiger partial charge is 0.495 e. The van der Waals surface area contributed by atoms with E-state index in [1.54, 1.807) is 14.2 Å². The fourth-order valence-corrected chi connectivity index (χ4v) is 2.55. The smallest absolute Gasteiger partial charge is 0.225 e. The van der Waals surface area contributed by atoms with Crippen LogP contribution in [0.25, 0.3) is 0 Å². The molecule has 5 heteroatoms. The van der Waals surface area contributed by atoms with Crippen LogP contribution in [0, 0.1) is 0 Å². The first-order valence-electron chi connectivity index (χ1n) is 8.41. The molecular weight excluding hydrogens is 316 g/mol. The molecule has 1 N–H and O–H groups in total. The monoisotopic (exact) mass is 342 g/mol. The number of methoxy groups -OCH3 is 2. The molecule has 0 aliphatic heterocycles. The van der Waals surface area contributed by atoms with Gasteiger partial charge in [-0.25, -0.2) is 0 Å². The number of nitrogens with one attached hydrogen (secondary N) is 1. The second kappa shape index (κ2) is 10.5. The van der Waals surface area contributed by atoms with E-state index < -0.39 is 0 Å². The summed E-state index contributed by atoms with van der Waals surface area (Å²) in [6.45, 7) is 2.89. The third-order valence-electron chi connectivity index (χ3n) is 3.90. The molecule has 25 heavy (non-hydrogen) atoms. The number of hydrogen-bond acceptors (Lipinski definition) is 4. The van der Waals surface area contributed by atoms with Crippen molar-refractivity contribution in [1.82, 2.24) is 4.90 Å². The van der Waals surface area contributed by atoms with Gasteiger partial charge in [-0.3, -0.25) is 9.69 Å². The molecule has 2 aromatic carbocycles. The molecule has 2 rings (SSSR count). The number of amides is 1. The van der Waals surface area contributed by atoms with Crippen molar-refractivity contribution in [3.05, 3.63) is 60.2 Å². The number of para-hydroxylation sites is 2. The standard InChI is InChI=1S/C20H26N2O3/c1-24-15-14-22(16-17-8-4-3-5-9-17)13-12-20(23)21-18-10-6-7-11-19(18)25-2/h3-11H,12-16H2,1-2H3,(H,21,23). The van der Waals surface area contributed by atoms with Crippen molar-refractivity contribution in [3.63, 3.8) is 0 Å². The number of rotatable bonds is 10. The number of benzene rings is 2. The van der Waals surface area contributed by atoms with Crippen LogP contribution in [0.15, 0.2) is 54.6 Å². The van der Waals surface area contributed by atoms with Crippen LogP contribution in [0.3, 0.4) is 0 Å². The van der Waals surface area contributed by atoms with E-state index in [-0.39, 0.29) is 5.91 Å². The first-order chi connectivity index (χ1) is 12.2. The highest BCUT2D eigenvalue weighted by molar-refractivity contribution is 5.92. The van der Waals surface area contributed by atoms with Gasteiger partial charge < -0.3 is 14.8 Å². The van der Waals surface area contributed by atoms with Crippen LogP contribution < -0.4 is 10.1 Å². The van der Waals surface area contributed by atoms with E-state index in [0.29, 0.717) is 31.0 Å². The highest BCUT2D eigenvalue weighted by Gasteiger charge is 2.11. The lowest BCUT2D eigenvalue weighted by Gasteiger charge is -2.22. The predicted molar refractivity (Wildman–Crippen MR) is 99.8 cm³/mol. The van der Waals surface area contributed by atoms with Crippen LogP contribution in [0.1, 0.15) is 12.0 Å². The molecule has 0 saturated carbocycles. The summed E-state index contributed by atoms with van der Waals surface area (Å²) >= 11 is 0. The quantitative estimate of drug-likeness (QED) is 0.720. The van der Waals surface area contributed by atoms with Gasteiger partial charge in [0, 0.05) is 33.2 Å². The molecule has 0 bridgehead atoms. The first-order valence-corrected chi connectivity index (χ1v) is 8.41. The van der Waals surface area contributed by atoms with Gasteiger partial charge in [0.1, 0.15) is 5.75 Å². The SMILES string of the molecule is COCCN(CCC(=O)Nc1ccccc1OC)Cc1ccccc1. The van der Waals surface area contributed by atoms with Gasteiger partial charge in [-0.1, -0.05) is 42.5 Å². The zero-order valence-corrected chi connectivity index (χ0v) is 14.9. The summed E-state index contributed by atoms with van der Waals surface area (Å²) in [5, 5.41) is 2.91. The summed E-state index contributed by atoms with van der Waals surface area (Å²) in [5.74, 6) is 0.636. The van der Waals surface area contributed by atoms with Gasteiger partial charge in [-0.15, -0.1) is 0 Å². The van der Waals surface area contributed by atoms with Gasteiger partial charge in [0.25, 0.3) is 0 Å². The van der Waals surface area contributed by atoms with Crippen molar-refractivity contribution < 1.29 is 14.3 Å². The molecule has 5 nitrogen and oxygen atoms in total. The van der Waals surface area contributed by atoms with E-state index in [2.05, 4.69) is 22.3 Å². The van der Waals surface area contributed by atoms with Gasteiger partial charge in [0.2, 0.25) is 5.91 Å². The molecule has 0 aromatic heterocycles. The normalized spacial score (nSPS) is 10.7. The van der Waals surface area contributed by atoms with Crippen molar-refractivity contribution in [2.45, 2.75) is 13.0 Å². The van der Waals surface area contributed by atoms with E-state index in [0.717, 1.165) is 13.1 Å². The highest BCUT2D eigenvalue weighted by Crippen LogP contribution is 2.23. The second-order valence-electron chi connectivity index (χ2n) is 5.75. The maximum absolute atomic E-state index is 12.3. The third-order valence-corrected chi connectivity index (χ3v) is 3.90. The van der Waals surface area contributed by atoms with Gasteiger partial charge in [0.05, 0.1) is 19.4 Å². The van der Waals surface area contributed by atoms with E-state index in [1.807, 2.05) is 42.5 Å². The molecule has 0 heterocycles. The van der Waals surface area contributed by atoms with Crippen molar-refractivity contribution in [2.24, 2.45) is 0 Å². The Hall–Kier alpha value is -2.37. The summed E-state index contributed by atoms with van der Waals surface area (Å²) in [5.41, 5.74) is 1.92. The topological polar surface area (TPSA) is 50.8 Å². The van der Waals surface area contributed by atoms with E-state index >= 15 is 0 Å². The fourth-order valence-electron chi connectivity index (χ4n) is 2.55. The van der Waals surface area contributed by atoms with Crippen molar-refractivity contribution >= 4 is 11.6 Å². The molecule has 0 fully saturated rings. The fraction of sp³-hybridized carbons (Fsp3) is 0.350. The molecule has 0 spiro atoms. The van der Waals surface area contributed by atoms with Crippen LogP contribution in [0.4, 0.5) is 5.69 Å². The second-order valence-corrected chi connectivity index (χ2v) is 5.75. The number of ether oxygens (including phenoxy) is 2. The minimum Gasteiger partial charge on any atom is -0.495 e. The maximum atomic E-state index is 12.3. The molecule has 0 radical (unpaired) electrons. The number of carbonyl (C=O) groups excluding carboxylic acids is 1. The Morgan fingerprint density at radius 2 is 1.72 bits per heavy atom. The number of anilines is 1. The predicted octanol–water partition coefficient (Wildman–Crippen LogP) is 3.17. The molecule has 0 aliphatic rings. The zero-order chi connectivity index (χ0) is 17.9. The van der Waals surface area contributed by atoms with Crippen LogP contribution in [0.2, 0.25) is 0 Å². The van der Waals surface area contributed by atoms with Gasteiger partial charge in [-0.05, 0) is 17.7 Å². The van der Waals surface area contributed by atoms with Crippen LogP contribution in [0.5, 0.6) is 5.75 Å². The van der Waals surface area contributed by atoms with E-state index in [1.165, 1.54) is 5.56 Å². The van der Waals surface area contributed by atoms with Crippen LogP contribution in [-0.2, 0) is 16.1 Å². The van der Waals surface area contributed by atoms with E-state index in [9.17, 15) is 4.79 Å². The molecule has 0 saturated heterocycles. The zero-order valence-electron chi connectivity index (χ0n) is 14.9. The van der Waals surface area contributed by atoms with Gasteiger partial charge in [0.15, 0.2) is 0 Å². The number of nitrogens with zero attached hydrogens (tertiary/aromatic N) is 1. The Labute approximate surface area is 149 Å². The number of carbonyl (C=O) groups is 1. The van der Waals surface area contributed by atoms with Crippen LogP contribution in [-0.4, -0.2) is 44.7 Å². The molecule has 0 atom stereocenters. The van der Waals surface area contributed by atoms with Crippen molar-refractivity contribution in [3.8, 4) is 5.75 Å². The summed E-state index contributed by atoms with van der Waals surface area (Å²) in [6.07, 6.45) is 0.411.